The third kappa shape index (κ3) is 2.99. The molecule has 1 N–H and O–H groups in total. The summed E-state index contributed by atoms with van der Waals surface area (Å²) in [5.41, 5.74) is 0.412. The molecule has 1 fully saturated rings. The summed E-state index contributed by atoms with van der Waals surface area (Å²) in [4.78, 5) is 14.4. The van der Waals surface area contributed by atoms with Crippen molar-refractivity contribution >= 4 is 44.4 Å². The van der Waals surface area contributed by atoms with Gasteiger partial charge < -0.3 is 10.0 Å². The molecule has 3 nitrogen and oxygen atoms in total. The van der Waals surface area contributed by atoms with Crippen LogP contribution >= 0.6 is 38.5 Å². The first kappa shape index (κ1) is 14.1. The monoisotopic (exact) mass is 423 g/mol. The predicted molar refractivity (Wildman–Crippen MR) is 83.3 cm³/mol. The Morgan fingerprint density at radius 2 is 2.22 bits per heavy atom. The number of hydrogen-bond donors (Lipinski definition) is 1. The Balaban J connectivity index is 2.23. The number of benzene rings is 1. The van der Waals surface area contributed by atoms with Crippen molar-refractivity contribution < 1.29 is 9.90 Å². The number of phenols is 1. The van der Waals surface area contributed by atoms with Crippen molar-refractivity contribution in [2.45, 2.75) is 25.3 Å². The smallest absolute Gasteiger partial charge is 0.257 e. The minimum Gasteiger partial charge on any atom is -0.507 e. The van der Waals surface area contributed by atoms with Crippen molar-refractivity contribution in [3.63, 3.8) is 0 Å². The highest BCUT2D eigenvalue weighted by molar-refractivity contribution is 14.1. The largest absolute Gasteiger partial charge is 0.507 e. The van der Waals surface area contributed by atoms with E-state index >= 15 is 0 Å². The lowest BCUT2D eigenvalue weighted by atomic mass is 9.91. The summed E-state index contributed by atoms with van der Waals surface area (Å²) in [6.45, 7) is 0.689. The van der Waals surface area contributed by atoms with Gasteiger partial charge in [0.25, 0.3) is 5.91 Å². The Hall–Kier alpha value is -0.300. The second-order valence-corrected chi connectivity index (χ2v) is 6.47. The summed E-state index contributed by atoms with van der Waals surface area (Å²) < 4.78 is 0.959. The van der Waals surface area contributed by atoms with Gasteiger partial charge in [0.15, 0.2) is 0 Å². The number of alkyl halides is 1. The molecule has 0 spiro atoms. The lowest BCUT2D eigenvalue weighted by Gasteiger charge is -2.37. The van der Waals surface area contributed by atoms with Gasteiger partial charge >= 0.3 is 0 Å². The molecule has 0 atom stereocenters. The molecule has 18 heavy (non-hydrogen) atoms. The number of phenolic OH excluding ortho intramolecular Hbond substituents is 1. The zero-order chi connectivity index (χ0) is 13.1. The zero-order valence-electron chi connectivity index (χ0n) is 9.90. The maximum absolute atomic E-state index is 12.5. The van der Waals surface area contributed by atoms with E-state index in [0.29, 0.717) is 18.2 Å². The molecule has 1 aromatic rings. The predicted octanol–water partition coefficient (Wildman–Crippen LogP) is 3.39. The van der Waals surface area contributed by atoms with Gasteiger partial charge in [-0.05, 0) is 60.1 Å². The third-order valence-electron chi connectivity index (χ3n) is 3.29. The maximum atomic E-state index is 12.5. The van der Waals surface area contributed by atoms with Crippen LogP contribution in [0.5, 0.6) is 5.75 Å². The lowest BCUT2D eigenvalue weighted by Crippen LogP contribution is -2.45. The molecule has 1 aliphatic carbocycles. The van der Waals surface area contributed by atoms with E-state index in [1.807, 2.05) is 4.90 Å². The highest BCUT2D eigenvalue weighted by Crippen LogP contribution is 2.28. The Kier molecular flexibility index (Phi) is 4.89. The molecule has 2 rings (SSSR count). The molecular formula is C13H15BrINO2. The summed E-state index contributed by atoms with van der Waals surface area (Å²) in [7, 11) is 0. The average Bonchev–Trinajstić information content (AvgIpc) is 2.28. The second kappa shape index (κ2) is 6.23. The van der Waals surface area contributed by atoms with Gasteiger partial charge in [0.2, 0.25) is 0 Å². The number of aromatic hydroxyl groups is 1. The number of nitrogens with zero attached hydrogens (tertiary/aromatic N) is 1. The van der Waals surface area contributed by atoms with Crippen LogP contribution in [-0.2, 0) is 0 Å². The number of hydrogen-bond acceptors (Lipinski definition) is 2. The van der Waals surface area contributed by atoms with E-state index in [4.69, 9.17) is 0 Å². The molecule has 0 aromatic heterocycles. The van der Waals surface area contributed by atoms with Gasteiger partial charge in [0, 0.05) is 21.5 Å². The van der Waals surface area contributed by atoms with Crippen LogP contribution in [0.25, 0.3) is 0 Å². The highest BCUT2D eigenvalue weighted by atomic mass is 127. The van der Waals surface area contributed by atoms with Gasteiger partial charge in [-0.3, -0.25) is 4.79 Å². The SMILES string of the molecule is O=C(c1cc(I)ccc1O)N(CCBr)C1CCC1. The molecule has 0 radical (unpaired) electrons. The van der Waals surface area contributed by atoms with E-state index in [-0.39, 0.29) is 11.7 Å². The Morgan fingerprint density at radius 3 is 2.78 bits per heavy atom. The standard InChI is InChI=1S/C13H15BrINO2/c14-6-7-16(10-2-1-3-10)13(18)11-8-9(15)4-5-12(11)17/h4-5,8,10,17H,1-3,6-7H2. The first-order chi connectivity index (χ1) is 8.63. The van der Waals surface area contributed by atoms with Crippen molar-refractivity contribution in [1.82, 2.24) is 4.90 Å². The zero-order valence-corrected chi connectivity index (χ0v) is 13.6. The second-order valence-electron chi connectivity index (χ2n) is 4.43. The first-order valence-electron chi connectivity index (χ1n) is 5.99. The van der Waals surface area contributed by atoms with Crippen molar-refractivity contribution in [1.29, 1.82) is 0 Å². The first-order valence-corrected chi connectivity index (χ1v) is 8.19. The van der Waals surface area contributed by atoms with Crippen LogP contribution in [0.1, 0.15) is 29.6 Å². The van der Waals surface area contributed by atoms with Crippen LogP contribution in [0, 0.1) is 3.57 Å². The molecule has 0 heterocycles. The van der Waals surface area contributed by atoms with E-state index < -0.39 is 0 Å². The number of rotatable bonds is 4. The molecule has 0 bridgehead atoms. The van der Waals surface area contributed by atoms with Crippen molar-refractivity contribution in [3.05, 3.63) is 27.3 Å². The fourth-order valence-electron chi connectivity index (χ4n) is 2.07. The number of carbonyl (C=O) groups excluding carboxylic acids is 1. The van der Waals surface area contributed by atoms with Crippen LogP contribution in [0.2, 0.25) is 0 Å². The van der Waals surface area contributed by atoms with E-state index in [9.17, 15) is 9.90 Å². The molecule has 0 unspecified atom stereocenters. The van der Waals surface area contributed by atoms with Crippen LogP contribution in [0.15, 0.2) is 18.2 Å². The Labute approximate surface area is 129 Å². The maximum Gasteiger partial charge on any atom is 0.257 e. The molecule has 0 aliphatic heterocycles. The van der Waals surface area contributed by atoms with Gasteiger partial charge in [-0.25, -0.2) is 0 Å². The van der Waals surface area contributed by atoms with Gasteiger partial charge in [-0.15, -0.1) is 0 Å². The molecule has 1 saturated carbocycles. The van der Waals surface area contributed by atoms with E-state index in [0.717, 1.165) is 21.7 Å². The lowest BCUT2D eigenvalue weighted by molar-refractivity contribution is 0.0596. The molecule has 5 heteroatoms. The Bertz CT molecular complexity index is 449. The fourth-order valence-corrected chi connectivity index (χ4v) is 2.95. The van der Waals surface area contributed by atoms with Crippen molar-refractivity contribution in [3.8, 4) is 5.75 Å². The molecular weight excluding hydrogens is 409 g/mol. The van der Waals surface area contributed by atoms with E-state index in [1.165, 1.54) is 6.42 Å². The van der Waals surface area contributed by atoms with Crippen molar-refractivity contribution in [2.75, 3.05) is 11.9 Å². The summed E-state index contributed by atoms with van der Waals surface area (Å²) in [5.74, 6) is 0.00878. The molecule has 0 saturated heterocycles. The third-order valence-corrected chi connectivity index (χ3v) is 4.32. The molecule has 1 aliphatic rings. The van der Waals surface area contributed by atoms with Crippen LogP contribution in [0.3, 0.4) is 0 Å². The Morgan fingerprint density at radius 1 is 1.50 bits per heavy atom. The normalized spacial score (nSPS) is 15.2. The van der Waals surface area contributed by atoms with Gasteiger partial charge in [0.05, 0.1) is 5.56 Å². The van der Waals surface area contributed by atoms with E-state index in [1.54, 1.807) is 18.2 Å². The fraction of sp³-hybridized carbons (Fsp3) is 0.462. The number of halogens is 2. The van der Waals surface area contributed by atoms with Crippen LogP contribution in [0.4, 0.5) is 0 Å². The van der Waals surface area contributed by atoms with E-state index in [2.05, 4.69) is 38.5 Å². The minimum absolute atomic E-state index is 0.0600. The molecule has 98 valence electrons. The van der Waals surface area contributed by atoms with Gasteiger partial charge in [-0.1, -0.05) is 15.9 Å². The van der Waals surface area contributed by atoms with Crippen molar-refractivity contribution in [2.24, 2.45) is 0 Å². The minimum atomic E-state index is -0.0600. The average molecular weight is 424 g/mol. The molecule has 1 amide bonds. The summed E-state index contributed by atoms with van der Waals surface area (Å²) in [5, 5.41) is 10.6. The summed E-state index contributed by atoms with van der Waals surface area (Å²) in [6, 6.07) is 5.47. The highest BCUT2D eigenvalue weighted by Gasteiger charge is 2.30. The quantitative estimate of drug-likeness (QED) is 0.595. The van der Waals surface area contributed by atoms with Crippen LogP contribution in [-0.4, -0.2) is 33.8 Å². The van der Waals surface area contributed by atoms with Gasteiger partial charge in [-0.2, -0.15) is 0 Å². The topological polar surface area (TPSA) is 40.5 Å². The summed E-state index contributed by atoms with van der Waals surface area (Å²) in [6.07, 6.45) is 3.34. The number of amides is 1. The number of carbonyl (C=O) groups is 1. The van der Waals surface area contributed by atoms with Gasteiger partial charge in [0.1, 0.15) is 5.75 Å². The van der Waals surface area contributed by atoms with Crippen LogP contribution < -0.4 is 0 Å². The molecule has 1 aromatic carbocycles. The summed E-state index contributed by atoms with van der Waals surface area (Å²) >= 11 is 5.54.